The van der Waals surface area contributed by atoms with Crippen molar-refractivity contribution in [2.75, 3.05) is 19.6 Å². The van der Waals surface area contributed by atoms with Crippen LogP contribution in [0.25, 0.3) is 0 Å². The maximum atomic E-state index is 13.7. The molecule has 1 heterocycles. The van der Waals surface area contributed by atoms with Crippen LogP contribution in [0.1, 0.15) is 30.1 Å². The molecule has 1 aliphatic rings. The third-order valence-electron chi connectivity index (χ3n) is 3.64. The number of amides is 1. The normalized spacial score (nSPS) is 19.3. The van der Waals surface area contributed by atoms with Crippen LogP contribution in [0.5, 0.6) is 0 Å². The number of likely N-dealkylation sites (tertiary alicyclic amines) is 1. The van der Waals surface area contributed by atoms with Crippen LogP contribution in [-0.2, 0) is 0 Å². The lowest BCUT2D eigenvalue weighted by Crippen LogP contribution is -2.40. The third kappa shape index (κ3) is 3.35. The van der Waals surface area contributed by atoms with Gasteiger partial charge >= 0.3 is 0 Å². The van der Waals surface area contributed by atoms with Gasteiger partial charge < -0.3 is 5.32 Å². The van der Waals surface area contributed by atoms with Crippen molar-refractivity contribution in [2.45, 2.75) is 25.8 Å². The van der Waals surface area contributed by atoms with E-state index in [1.807, 2.05) is 0 Å². The van der Waals surface area contributed by atoms with Gasteiger partial charge in [-0.05, 0) is 38.1 Å². The molecule has 3 nitrogen and oxygen atoms in total. The number of hydrogen-bond donors (Lipinski definition) is 1. The zero-order valence-electron chi connectivity index (χ0n) is 11.3. The maximum absolute atomic E-state index is 13.7. The van der Waals surface area contributed by atoms with Gasteiger partial charge in [-0.15, -0.1) is 0 Å². The fourth-order valence-corrected chi connectivity index (χ4v) is 3.00. The van der Waals surface area contributed by atoms with Crippen LogP contribution in [0.4, 0.5) is 8.78 Å². The Balaban J connectivity index is 2.02. The van der Waals surface area contributed by atoms with Crippen molar-refractivity contribution in [3.05, 3.63) is 33.8 Å². The topological polar surface area (TPSA) is 32.3 Å². The number of carbonyl (C=O) groups is 1. The Labute approximate surface area is 125 Å². The number of hydrogen-bond acceptors (Lipinski definition) is 2. The number of rotatable bonds is 4. The number of likely N-dealkylation sites (N-methyl/N-ethyl adjacent to an activating group) is 1. The Hall–Kier alpha value is -1.01. The highest BCUT2D eigenvalue weighted by atomic mass is 79.9. The van der Waals surface area contributed by atoms with Crippen LogP contribution < -0.4 is 5.32 Å². The predicted octanol–water partition coefficient (Wildman–Crippen LogP) is 2.94. The lowest BCUT2D eigenvalue weighted by atomic mass is 10.1. The molecular formula is C14H17BrF2N2O. The summed E-state index contributed by atoms with van der Waals surface area (Å²) in [5.41, 5.74) is -0.519. The van der Waals surface area contributed by atoms with Crippen molar-refractivity contribution >= 4 is 21.8 Å². The quantitative estimate of drug-likeness (QED) is 0.908. The SMILES string of the molecule is CCN1CCCC1CNC(=O)c1c(F)cc(Br)cc1F. The minimum Gasteiger partial charge on any atom is -0.350 e. The van der Waals surface area contributed by atoms with Crippen LogP contribution in [0, 0.1) is 11.6 Å². The summed E-state index contributed by atoms with van der Waals surface area (Å²) >= 11 is 2.99. The number of benzene rings is 1. The van der Waals surface area contributed by atoms with Gasteiger partial charge in [-0.2, -0.15) is 0 Å². The minimum absolute atomic E-state index is 0.255. The second-order valence-corrected chi connectivity index (χ2v) is 5.79. The largest absolute Gasteiger partial charge is 0.350 e. The molecule has 0 radical (unpaired) electrons. The summed E-state index contributed by atoms with van der Waals surface area (Å²) in [4.78, 5) is 14.2. The Bertz CT molecular complexity index is 487. The molecule has 0 aromatic heterocycles. The summed E-state index contributed by atoms with van der Waals surface area (Å²) in [5.74, 6) is -2.41. The van der Waals surface area contributed by atoms with E-state index in [-0.39, 0.29) is 10.5 Å². The molecule has 1 aromatic rings. The summed E-state index contributed by atoms with van der Waals surface area (Å²) in [5, 5.41) is 2.63. The van der Waals surface area contributed by atoms with Crippen LogP contribution in [0.3, 0.4) is 0 Å². The van der Waals surface area contributed by atoms with Gasteiger partial charge in [-0.1, -0.05) is 22.9 Å². The van der Waals surface area contributed by atoms with Crippen molar-refractivity contribution in [2.24, 2.45) is 0 Å². The highest BCUT2D eigenvalue weighted by Crippen LogP contribution is 2.20. The fraction of sp³-hybridized carbons (Fsp3) is 0.500. The molecule has 1 unspecified atom stereocenters. The lowest BCUT2D eigenvalue weighted by Gasteiger charge is -2.22. The molecular weight excluding hydrogens is 330 g/mol. The van der Waals surface area contributed by atoms with Crippen molar-refractivity contribution in [3.63, 3.8) is 0 Å². The molecule has 0 saturated carbocycles. The molecule has 110 valence electrons. The summed E-state index contributed by atoms with van der Waals surface area (Å²) < 4.78 is 27.6. The molecule has 1 amide bonds. The van der Waals surface area contributed by atoms with Crippen molar-refractivity contribution in [1.82, 2.24) is 10.2 Å². The van der Waals surface area contributed by atoms with E-state index in [2.05, 4.69) is 33.1 Å². The highest BCUT2D eigenvalue weighted by molar-refractivity contribution is 9.10. The molecule has 0 aliphatic carbocycles. The van der Waals surface area contributed by atoms with E-state index >= 15 is 0 Å². The van der Waals surface area contributed by atoms with Gasteiger partial charge in [0.2, 0.25) is 0 Å². The lowest BCUT2D eigenvalue weighted by molar-refractivity contribution is 0.0933. The van der Waals surface area contributed by atoms with E-state index < -0.39 is 23.1 Å². The van der Waals surface area contributed by atoms with Crippen LogP contribution >= 0.6 is 15.9 Å². The second-order valence-electron chi connectivity index (χ2n) is 4.88. The minimum atomic E-state index is -0.854. The summed E-state index contributed by atoms with van der Waals surface area (Å²) in [6, 6.07) is 2.43. The van der Waals surface area contributed by atoms with E-state index in [0.717, 1.165) is 38.1 Å². The van der Waals surface area contributed by atoms with Gasteiger partial charge in [0, 0.05) is 17.1 Å². The van der Waals surface area contributed by atoms with E-state index in [4.69, 9.17) is 0 Å². The standard InChI is InChI=1S/C14H17BrF2N2O/c1-2-19-5-3-4-10(19)8-18-14(20)13-11(16)6-9(15)7-12(13)17/h6-7,10H,2-5,8H2,1H3,(H,18,20). The molecule has 1 saturated heterocycles. The van der Waals surface area contributed by atoms with Crippen molar-refractivity contribution in [3.8, 4) is 0 Å². The van der Waals surface area contributed by atoms with Gasteiger partial charge in [-0.3, -0.25) is 9.69 Å². The second kappa shape index (κ2) is 6.63. The molecule has 20 heavy (non-hydrogen) atoms. The molecule has 0 spiro atoms. The van der Waals surface area contributed by atoms with E-state index in [9.17, 15) is 13.6 Å². The number of nitrogens with one attached hydrogen (secondary N) is 1. The van der Waals surface area contributed by atoms with E-state index in [1.165, 1.54) is 0 Å². The average molecular weight is 347 g/mol. The summed E-state index contributed by atoms with van der Waals surface area (Å²) in [6.07, 6.45) is 2.09. The maximum Gasteiger partial charge on any atom is 0.257 e. The van der Waals surface area contributed by atoms with Crippen molar-refractivity contribution < 1.29 is 13.6 Å². The smallest absolute Gasteiger partial charge is 0.257 e. The first kappa shape index (κ1) is 15.4. The van der Waals surface area contributed by atoms with E-state index in [0.29, 0.717) is 6.54 Å². The molecule has 0 bridgehead atoms. The number of halogens is 3. The third-order valence-corrected chi connectivity index (χ3v) is 4.10. The summed E-state index contributed by atoms with van der Waals surface area (Å²) in [7, 11) is 0. The zero-order chi connectivity index (χ0) is 14.7. The molecule has 1 aliphatic heterocycles. The predicted molar refractivity (Wildman–Crippen MR) is 76.7 cm³/mol. The van der Waals surface area contributed by atoms with Gasteiger partial charge in [-0.25, -0.2) is 8.78 Å². The molecule has 1 aromatic carbocycles. The fourth-order valence-electron chi connectivity index (χ4n) is 2.60. The molecule has 1 fully saturated rings. The van der Waals surface area contributed by atoms with Gasteiger partial charge in [0.25, 0.3) is 5.91 Å². The molecule has 2 rings (SSSR count). The van der Waals surface area contributed by atoms with Crippen LogP contribution in [-0.4, -0.2) is 36.5 Å². The first-order valence-corrected chi connectivity index (χ1v) is 7.49. The monoisotopic (exact) mass is 346 g/mol. The molecule has 1 atom stereocenters. The first-order chi connectivity index (χ1) is 9.52. The Morgan fingerprint density at radius 3 is 2.70 bits per heavy atom. The van der Waals surface area contributed by atoms with Gasteiger partial charge in [0.1, 0.15) is 17.2 Å². The molecule has 1 N–H and O–H groups in total. The van der Waals surface area contributed by atoms with E-state index in [1.54, 1.807) is 0 Å². The highest BCUT2D eigenvalue weighted by Gasteiger charge is 2.25. The summed E-state index contributed by atoms with van der Waals surface area (Å²) in [6.45, 7) is 4.41. The first-order valence-electron chi connectivity index (χ1n) is 6.69. The Kier molecular flexibility index (Phi) is 5.10. The van der Waals surface area contributed by atoms with Crippen LogP contribution in [0.15, 0.2) is 16.6 Å². The number of carbonyl (C=O) groups excluding carboxylic acids is 1. The zero-order valence-corrected chi connectivity index (χ0v) is 12.8. The number of nitrogens with zero attached hydrogens (tertiary/aromatic N) is 1. The van der Waals surface area contributed by atoms with Crippen molar-refractivity contribution in [1.29, 1.82) is 0 Å². The van der Waals surface area contributed by atoms with Gasteiger partial charge in [0.15, 0.2) is 0 Å². The Morgan fingerprint density at radius 1 is 1.45 bits per heavy atom. The Morgan fingerprint density at radius 2 is 2.10 bits per heavy atom. The van der Waals surface area contributed by atoms with Gasteiger partial charge in [0.05, 0.1) is 0 Å². The average Bonchev–Trinajstić information content (AvgIpc) is 2.82. The molecule has 6 heteroatoms. The van der Waals surface area contributed by atoms with Crippen LogP contribution in [0.2, 0.25) is 0 Å².